The quantitative estimate of drug-likeness (QED) is 0.662. The van der Waals surface area contributed by atoms with Crippen molar-refractivity contribution in [1.29, 1.82) is 5.41 Å². The number of halogens is 3. The monoisotopic (exact) mass is 312 g/mol. The van der Waals surface area contributed by atoms with Gasteiger partial charge in [0.15, 0.2) is 11.6 Å². The van der Waals surface area contributed by atoms with Crippen molar-refractivity contribution in [3.8, 4) is 5.75 Å². The van der Waals surface area contributed by atoms with Crippen LogP contribution in [0.25, 0.3) is 0 Å². The summed E-state index contributed by atoms with van der Waals surface area (Å²) in [6.07, 6.45) is 0. The molecule has 0 fully saturated rings. The molecule has 0 unspecified atom stereocenters. The molecule has 0 aromatic heterocycles. The van der Waals surface area contributed by atoms with Gasteiger partial charge < -0.3 is 10.5 Å². The van der Waals surface area contributed by atoms with E-state index in [4.69, 9.17) is 39.1 Å². The molecule has 0 saturated heterocycles. The maximum Gasteiger partial charge on any atom is 0.165 e. The van der Waals surface area contributed by atoms with Crippen molar-refractivity contribution in [2.75, 3.05) is 0 Å². The van der Waals surface area contributed by atoms with Gasteiger partial charge in [-0.3, -0.25) is 5.41 Å². The molecule has 0 aliphatic heterocycles. The number of nitrogens with two attached hydrogens (primary N) is 1. The molecule has 0 atom stereocenters. The van der Waals surface area contributed by atoms with E-state index in [1.54, 1.807) is 18.2 Å². The summed E-state index contributed by atoms with van der Waals surface area (Å²) in [6, 6.07) is 9.15. The van der Waals surface area contributed by atoms with Gasteiger partial charge in [0.2, 0.25) is 0 Å². The lowest BCUT2D eigenvalue weighted by Gasteiger charge is -2.10. The van der Waals surface area contributed by atoms with Crippen molar-refractivity contribution >= 4 is 29.0 Å². The first-order valence-electron chi connectivity index (χ1n) is 5.68. The van der Waals surface area contributed by atoms with Crippen molar-refractivity contribution in [2.24, 2.45) is 5.73 Å². The fourth-order valence-electron chi connectivity index (χ4n) is 1.61. The molecule has 0 aliphatic rings. The van der Waals surface area contributed by atoms with Crippen molar-refractivity contribution in [3.05, 3.63) is 63.4 Å². The third kappa shape index (κ3) is 3.21. The zero-order valence-corrected chi connectivity index (χ0v) is 11.8. The van der Waals surface area contributed by atoms with E-state index in [2.05, 4.69) is 0 Å². The lowest BCUT2D eigenvalue weighted by Crippen LogP contribution is -2.11. The topological polar surface area (TPSA) is 59.1 Å². The van der Waals surface area contributed by atoms with E-state index in [-0.39, 0.29) is 18.2 Å². The number of rotatable bonds is 4. The number of nitrogen functional groups attached to an aromatic ring is 1. The summed E-state index contributed by atoms with van der Waals surface area (Å²) in [4.78, 5) is 0. The smallest absolute Gasteiger partial charge is 0.165 e. The van der Waals surface area contributed by atoms with Crippen LogP contribution in [0, 0.1) is 11.2 Å². The molecule has 0 spiro atoms. The fraction of sp³-hybridized carbons (Fsp3) is 0.0714. The SMILES string of the molecule is N=C(N)c1ccc(OCc2c(Cl)cccc2Cl)c(F)c1. The molecule has 2 aromatic carbocycles. The van der Waals surface area contributed by atoms with Crippen molar-refractivity contribution in [3.63, 3.8) is 0 Å². The van der Waals surface area contributed by atoms with Crippen LogP contribution in [-0.2, 0) is 6.61 Å². The fourth-order valence-corrected chi connectivity index (χ4v) is 2.11. The second-order valence-corrected chi connectivity index (χ2v) is 4.86. The number of nitrogens with one attached hydrogen (secondary N) is 1. The molecule has 2 rings (SSSR count). The van der Waals surface area contributed by atoms with Crippen LogP contribution in [-0.4, -0.2) is 5.84 Å². The minimum Gasteiger partial charge on any atom is -0.486 e. The van der Waals surface area contributed by atoms with E-state index in [0.29, 0.717) is 21.2 Å². The highest BCUT2D eigenvalue weighted by Crippen LogP contribution is 2.27. The molecule has 0 aliphatic carbocycles. The molecule has 0 saturated carbocycles. The molecule has 20 heavy (non-hydrogen) atoms. The second kappa shape index (κ2) is 6.11. The first-order valence-corrected chi connectivity index (χ1v) is 6.44. The van der Waals surface area contributed by atoms with E-state index in [0.717, 1.165) is 6.07 Å². The number of ether oxygens (including phenoxy) is 1. The van der Waals surface area contributed by atoms with E-state index >= 15 is 0 Å². The minimum atomic E-state index is -0.596. The standard InChI is InChI=1S/C14H11Cl2FN2O/c15-10-2-1-3-11(16)9(10)7-20-13-5-4-8(14(18)19)6-12(13)17/h1-6H,7H2,(H3,18,19). The summed E-state index contributed by atoms with van der Waals surface area (Å²) in [5.41, 5.74) is 6.16. The Kier molecular flexibility index (Phi) is 4.47. The highest BCUT2D eigenvalue weighted by Gasteiger charge is 2.10. The van der Waals surface area contributed by atoms with E-state index in [9.17, 15) is 4.39 Å². The molecule has 104 valence electrons. The van der Waals surface area contributed by atoms with Gasteiger partial charge in [0.05, 0.1) is 0 Å². The Labute approximate surface area is 125 Å². The first-order chi connectivity index (χ1) is 9.49. The number of benzene rings is 2. The Hall–Kier alpha value is -1.78. The van der Waals surface area contributed by atoms with Gasteiger partial charge in [0, 0.05) is 21.2 Å². The molecule has 2 aromatic rings. The molecular weight excluding hydrogens is 302 g/mol. The van der Waals surface area contributed by atoms with Gasteiger partial charge in [-0.15, -0.1) is 0 Å². The van der Waals surface area contributed by atoms with Crippen molar-refractivity contribution in [1.82, 2.24) is 0 Å². The van der Waals surface area contributed by atoms with Gasteiger partial charge in [-0.1, -0.05) is 29.3 Å². The molecule has 0 heterocycles. The minimum absolute atomic E-state index is 0.0472. The van der Waals surface area contributed by atoms with Crippen LogP contribution in [0.15, 0.2) is 36.4 Å². The third-order valence-corrected chi connectivity index (χ3v) is 3.38. The Balaban J connectivity index is 2.17. The summed E-state index contributed by atoms with van der Waals surface area (Å²) in [7, 11) is 0. The summed E-state index contributed by atoms with van der Waals surface area (Å²) < 4.78 is 19.1. The number of hydrogen-bond acceptors (Lipinski definition) is 2. The van der Waals surface area contributed by atoms with Gasteiger partial charge in [-0.05, 0) is 30.3 Å². The molecule has 3 nitrogen and oxygen atoms in total. The predicted molar refractivity (Wildman–Crippen MR) is 78.2 cm³/mol. The van der Waals surface area contributed by atoms with Crippen LogP contribution in [0.1, 0.15) is 11.1 Å². The summed E-state index contributed by atoms with van der Waals surface area (Å²) in [6.45, 7) is 0.0504. The van der Waals surface area contributed by atoms with Crippen LogP contribution >= 0.6 is 23.2 Å². The lowest BCUT2D eigenvalue weighted by atomic mass is 10.2. The second-order valence-electron chi connectivity index (χ2n) is 4.05. The number of hydrogen-bond donors (Lipinski definition) is 2. The normalized spacial score (nSPS) is 10.3. The summed E-state index contributed by atoms with van der Waals surface area (Å²) >= 11 is 12.0. The molecular formula is C14H11Cl2FN2O. The number of amidine groups is 1. The van der Waals surface area contributed by atoms with Gasteiger partial charge in [0.25, 0.3) is 0 Å². The molecule has 3 N–H and O–H groups in total. The van der Waals surface area contributed by atoms with E-state index < -0.39 is 5.82 Å². The highest BCUT2D eigenvalue weighted by molar-refractivity contribution is 6.35. The zero-order chi connectivity index (χ0) is 14.7. The van der Waals surface area contributed by atoms with Crippen molar-refractivity contribution < 1.29 is 9.13 Å². The highest BCUT2D eigenvalue weighted by atomic mass is 35.5. The van der Waals surface area contributed by atoms with Gasteiger partial charge in [-0.25, -0.2) is 4.39 Å². The largest absolute Gasteiger partial charge is 0.486 e. The molecule has 0 bridgehead atoms. The average molecular weight is 313 g/mol. The maximum absolute atomic E-state index is 13.8. The van der Waals surface area contributed by atoms with E-state index in [1.165, 1.54) is 12.1 Å². The van der Waals surface area contributed by atoms with Crippen molar-refractivity contribution in [2.45, 2.75) is 6.61 Å². The Bertz CT molecular complexity index is 641. The summed E-state index contributed by atoms with van der Waals surface area (Å²) in [5, 5.41) is 8.14. The maximum atomic E-state index is 13.8. The van der Waals surface area contributed by atoms with Crippen LogP contribution in [0.2, 0.25) is 10.0 Å². The van der Waals surface area contributed by atoms with Crippen LogP contribution < -0.4 is 10.5 Å². The first kappa shape index (κ1) is 14.6. The molecule has 0 amide bonds. The Morgan fingerprint density at radius 1 is 1.20 bits per heavy atom. The van der Waals surface area contributed by atoms with Crippen LogP contribution in [0.5, 0.6) is 5.75 Å². The Morgan fingerprint density at radius 3 is 2.40 bits per heavy atom. The van der Waals surface area contributed by atoms with Crippen LogP contribution in [0.3, 0.4) is 0 Å². The lowest BCUT2D eigenvalue weighted by molar-refractivity contribution is 0.290. The third-order valence-electron chi connectivity index (χ3n) is 2.68. The van der Waals surface area contributed by atoms with Gasteiger partial charge in [-0.2, -0.15) is 0 Å². The van der Waals surface area contributed by atoms with Crippen LogP contribution in [0.4, 0.5) is 4.39 Å². The molecule has 6 heteroatoms. The Morgan fingerprint density at radius 2 is 1.85 bits per heavy atom. The van der Waals surface area contributed by atoms with E-state index in [1.807, 2.05) is 0 Å². The average Bonchev–Trinajstić information content (AvgIpc) is 2.39. The predicted octanol–water partition coefficient (Wildman–Crippen LogP) is 4.00. The zero-order valence-electron chi connectivity index (χ0n) is 10.3. The molecule has 0 radical (unpaired) electrons. The summed E-state index contributed by atoms with van der Waals surface area (Å²) in [5.74, 6) is -0.753. The van der Waals surface area contributed by atoms with Gasteiger partial charge >= 0.3 is 0 Å². The van der Waals surface area contributed by atoms with Gasteiger partial charge in [0.1, 0.15) is 12.4 Å².